The maximum Gasteiger partial charge on any atom is 0.0374 e. The molecule has 90 valence electrons. The topological polar surface area (TPSA) is 12.0 Å². The fourth-order valence-corrected chi connectivity index (χ4v) is 2.11. The molecule has 1 N–H and O–H groups in total. The molecule has 1 rings (SSSR count). The van der Waals surface area contributed by atoms with Gasteiger partial charge in [-0.25, -0.2) is 0 Å². The monoisotopic (exact) mass is 219 g/mol. The van der Waals surface area contributed by atoms with E-state index in [1.807, 2.05) is 0 Å². The first-order valence-electron chi connectivity index (χ1n) is 6.51. The van der Waals surface area contributed by atoms with Crippen LogP contribution in [0.4, 0.5) is 5.69 Å². The van der Waals surface area contributed by atoms with Crippen molar-refractivity contribution in [2.24, 2.45) is 0 Å². The van der Waals surface area contributed by atoms with Crippen LogP contribution in [0.2, 0.25) is 0 Å². The Bertz CT molecular complexity index is 311. The molecule has 0 saturated carbocycles. The summed E-state index contributed by atoms with van der Waals surface area (Å²) in [4.78, 5) is 0. The highest BCUT2D eigenvalue weighted by molar-refractivity contribution is 5.54. The molecule has 0 aliphatic carbocycles. The molecule has 0 bridgehead atoms. The van der Waals surface area contributed by atoms with E-state index in [0.717, 1.165) is 0 Å². The number of hydrogen-bond donors (Lipinski definition) is 1. The third kappa shape index (κ3) is 3.55. The van der Waals surface area contributed by atoms with Gasteiger partial charge in [0.1, 0.15) is 0 Å². The quantitative estimate of drug-likeness (QED) is 0.732. The summed E-state index contributed by atoms with van der Waals surface area (Å²) in [6.07, 6.45) is 5.04. The molecule has 0 spiro atoms. The highest BCUT2D eigenvalue weighted by atomic mass is 14.9. The summed E-state index contributed by atoms with van der Waals surface area (Å²) in [5.41, 5.74) is 4.07. The van der Waals surface area contributed by atoms with E-state index in [9.17, 15) is 0 Å². The number of anilines is 1. The van der Waals surface area contributed by atoms with E-state index in [0.29, 0.717) is 6.04 Å². The van der Waals surface area contributed by atoms with Crippen LogP contribution in [0.5, 0.6) is 0 Å². The van der Waals surface area contributed by atoms with E-state index >= 15 is 0 Å². The number of hydrogen-bond acceptors (Lipinski definition) is 1. The minimum atomic E-state index is 0.635. The van der Waals surface area contributed by atoms with Gasteiger partial charge in [0.25, 0.3) is 0 Å². The van der Waals surface area contributed by atoms with Gasteiger partial charge in [-0.3, -0.25) is 0 Å². The van der Waals surface area contributed by atoms with Gasteiger partial charge in [0, 0.05) is 11.7 Å². The molecule has 0 unspecified atom stereocenters. The fraction of sp³-hybridized carbons (Fsp3) is 0.600. The molecule has 0 aliphatic heterocycles. The molecule has 0 saturated heterocycles. The Morgan fingerprint density at radius 1 is 1.06 bits per heavy atom. The molecular weight excluding hydrogens is 194 g/mol. The molecule has 0 aliphatic rings. The second kappa shape index (κ2) is 6.57. The molecule has 16 heavy (non-hydrogen) atoms. The lowest BCUT2D eigenvalue weighted by Gasteiger charge is -2.20. The van der Waals surface area contributed by atoms with Crippen molar-refractivity contribution in [3.8, 4) is 0 Å². The lowest BCUT2D eigenvalue weighted by atomic mass is 10.0. The lowest BCUT2D eigenvalue weighted by molar-refractivity contribution is 0.586. The van der Waals surface area contributed by atoms with Crippen molar-refractivity contribution in [3.05, 3.63) is 29.3 Å². The maximum absolute atomic E-state index is 3.69. The van der Waals surface area contributed by atoms with Gasteiger partial charge in [0.15, 0.2) is 0 Å². The van der Waals surface area contributed by atoms with E-state index in [1.165, 1.54) is 42.5 Å². The second-order valence-corrected chi connectivity index (χ2v) is 4.67. The zero-order valence-electron chi connectivity index (χ0n) is 11.1. The Morgan fingerprint density at radius 2 is 1.69 bits per heavy atom. The minimum absolute atomic E-state index is 0.635. The van der Waals surface area contributed by atoms with Crippen LogP contribution < -0.4 is 5.32 Å². The van der Waals surface area contributed by atoms with Gasteiger partial charge >= 0.3 is 0 Å². The first kappa shape index (κ1) is 13.1. The summed E-state index contributed by atoms with van der Waals surface area (Å²) < 4.78 is 0. The maximum atomic E-state index is 3.69. The molecule has 1 aromatic rings. The van der Waals surface area contributed by atoms with E-state index in [-0.39, 0.29) is 0 Å². The molecule has 0 amide bonds. The van der Waals surface area contributed by atoms with Crippen molar-refractivity contribution in [2.75, 3.05) is 5.32 Å². The van der Waals surface area contributed by atoms with Crippen molar-refractivity contribution in [2.45, 2.75) is 59.4 Å². The van der Waals surface area contributed by atoms with Gasteiger partial charge in [0.2, 0.25) is 0 Å². The Balaban J connectivity index is 2.72. The van der Waals surface area contributed by atoms with E-state index < -0.39 is 0 Å². The van der Waals surface area contributed by atoms with Crippen LogP contribution >= 0.6 is 0 Å². The van der Waals surface area contributed by atoms with E-state index in [1.54, 1.807) is 0 Å². The first-order valence-corrected chi connectivity index (χ1v) is 6.51. The molecule has 0 aromatic heterocycles. The summed E-state index contributed by atoms with van der Waals surface area (Å²) in [6, 6.07) is 7.14. The number of rotatable bonds is 6. The number of nitrogens with one attached hydrogen (secondary N) is 1. The van der Waals surface area contributed by atoms with Crippen LogP contribution in [0, 0.1) is 13.8 Å². The molecule has 0 radical (unpaired) electrons. The average molecular weight is 219 g/mol. The summed E-state index contributed by atoms with van der Waals surface area (Å²) in [7, 11) is 0. The smallest absolute Gasteiger partial charge is 0.0374 e. The standard InChI is InChI=1S/C15H25N/c1-5-8-14(9-6-2)16-15-11-7-10-12(3)13(15)4/h7,10-11,14,16H,5-6,8-9H2,1-4H3. The highest BCUT2D eigenvalue weighted by Crippen LogP contribution is 2.21. The number of aryl methyl sites for hydroxylation is 1. The van der Waals surface area contributed by atoms with Crippen LogP contribution in [-0.4, -0.2) is 6.04 Å². The summed E-state index contributed by atoms with van der Waals surface area (Å²) in [6.45, 7) is 8.89. The van der Waals surface area contributed by atoms with Crippen molar-refractivity contribution in [3.63, 3.8) is 0 Å². The molecular formula is C15H25N. The van der Waals surface area contributed by atoms with Gasteiger partial charge in [-0.15, -0.1) is 0 Å². The van der Waals surface area contributed by atoms with Gasteiger partial charge < -0.3 is 5.32 Å². The SMILES string of the molecule is CCCC(CCC)Nc1cccc(C)c1C. The van der Waals surface area contributed by atoms with Crippen molar-refractivity contribution < 1.29 is 0 Å². The van der Waals surface area contributed by atoms with Crippen LogP contribution in [0.25, 0.3) is 0 Å². The van der Waals surface area contributed by atoms with E-state index in [4.69, 9.17) is 0 Å². The normalized spacial score (nSPS) is 10.8. The highest BCUT2D eigenvalue weighted by Gasteiger charge is 2.08. The minimum Gasteiger partial charge on any atom is -0.382 e. The Hall–Kier alpha value is -0.980. The summed E-state index contributed by atoms with van der Waals surface area (Å²) in [5, 5.41) is 3.69. The average Bonchev–Trinajstić information content (AvgIpc) is 2.25. The molecule has 1 aromatic carbocycles. The van der Waals surface area contributed by atoms with Crippen molar-refractivity contribution in [1.29, 1.82) is 0 Å². The second-order valence-electron chi connectivity index (χ2n) is 4.67. The lowest BCUT2D eigenvalue weighted by Crippen LogP contribution is -2.19. The van der Waals surface area contributed by atoms with Gasteiger partial charge in [-0.2, -0.15) is 0 Å². The zero-order valence-corrected chi connectivity index (χ0v) is 11.1. The molecule has 1 heteroatoms. The third-order valence-electron chi connectivity index (χ3n) is 3.24. The molecule has 1 nitrogen and oxygen atoms in total. The predicted octanol–water partition coefficient (Wildman–Crippen LogP) is 4.68. The Labute approximate surface area is 100 Å². The van der Waals surface area contributed by atoms with Crippen LogP contribution in [0.15, 0.2) is 18.2 Å². The summed E-state index contributed by atoms with van der Waals surface area (Å²) in [5.74, 6) is 0. The van der Waals surface area contributed by atoms with Crippen molar-refractivity contribution in [1.82, 2.24) is 0 Å². The van der Waals surface area contributed by atoms with Crippen molar-refractivity contribution >= 4 is 5.69 Å². The summed E-state index contributed by atoms with van der Waals surface area (Å²) >= 11 is 0. The predicted molar refractivity (Wildman–Crippen MR) is 73.1 cm³/mol. The zero-order chi connectivity index (χ0) is 12.0. The fourth-order valence-electron chi connectivity index (χ4n) is 2.11. The van der Waals surface area contributed by atoms with Gasteiger partial charge in [-0.1, -0.05) is 38.8 Å². The van der Waals surface area contributed by atoms with Crippen LogP contribution in [-0.2, 0) is 0 Å². The first-order chi connectivity index (χ1) is 7.69. The van der Waals surface area contributed by atoms with Gasteiger partial charge in [-0.05, 0) is 43.9 Å². The van der Waals surface area contributed by atoms with E-state index in [2.05, 4.69) is 51.2 Å². The number of benzene rings is 1. The Morgan fingerprint density at radius 3 is 2.25 bits per heavy atom. The third-order valence-corrected chi connectivity index (χ3v) is 3.24. The molecule has 0 atom stereocenters. The van der Waals surface area contributed by atoms with Crippen LogP contribution in [0.1, 0.15) is 50.7 Å². The van der Waals surface area contributed by atoms with Crippen LogP contribution in [0.3, 0.4) is 0 Å². The molecule has 0 fully saturated rings. The Kier molecular flexibility index (Phi) is 5.37. The molecule has 0 heterocycles. The van der Waals surface area contributed by atoms with Gasteiger partial charge in [0.05, 0.1) is 0 Å². The largest absolute Gasteiger partial charge is 0.382 e.